The highest BCUT2D eigenvalue weighted by atomic mass is 19.1. The summed E-state index contributed by atoms with van der Waals surface area (Å²) in [4.78, 5) is 15.6. The van der Waals surface area contributed by atoms with Gasteiger partial charge in [-0.1, -0.05) is 42.0 Å². The van der Waals surface area contributed by atoms with Crippen LogP contribution in [0.5, 0.6) is 0 Å². The standard InChI is InChI=1S/C23H22FN3O2/c1-16-3-2-4-18(13-16)20(17-5-7-19(24)8-6-17)9-11-27-12-10-26-23(27)14-21(28)22(29)15-25/h2-8,10,12-15,20,25,28H,9,11H2,1H3/b21-14-,25-15?/t20-/m0/s1. The van der Waals surface area contributed by atoms with Crippen molar-refractivity contribution in [3.63, 3.8) is 0 Å². The third kappa shape index (κ3) is 5.04. The molecule has 6 heteroatoms. The number of nitrogens with zero attached hydrogens (tertiary/aromatic N) is 2. The minimum atomic E-state index is -0.775. The first kappa shape index (κ1) is 20.2. The van der Waals surface area contributed by atoms with Crippen molar-refractivity contribution in [3.8, 4) is 0 Å². The Hall–Kier alpha value is -3.54. The zero-order valence-electron chi connectivity index (χ0n) is 16.0. The maximum atomic E-state index is 13.4. The summed E-state index contributed by atoms with van der Waals surface area (Å²) < 4.78 is 15.2. The van der Waals surface area contributed by atoms with Gasteiger partial charge in [-0.3, -0.25) is 4.79 Å². The van der Waals surface area contributed by atoms with Gasteiger partial charge in [0.25, 0.3) is 0 Å². The first-order chi connectivity index (χ1) is 14.0. The summed E-state index contributed by atoms with van der Waals surface area (Å²) in [6.07, 6.45) is 5.89. The molecule has 0 spiro atoms. The number of halogens is 1. The van der Waals surface area contributed by atoms with Gasteiger partial charge in [0.05, 0.1) is 6.21 Å². The second-order valence-electron chi connectivity index (χ2n) is 6.82. The second kappa shape index (κ2) is 9.10. The van der Waals surface area contributed by atoms with Gasteiger partial charge in [0.15, 0.2) is 5.76 Å². The lowest BCUT2D eigenvalue weighted by Gasteiger charge is -2.19. The van der Waals surface area contributed by atoms with E-state index in [1.807, 2.05) is 23.6 Å². The predicted octanol–water partition coefficient (Wildman–Crippen LogP) is 4.67. The van der Waals surface area contributed by atoms with Crippen LogP contribution in [0.25, 0.3) is 6.08 Å². The number of hydrogen-bond donors (Lipinski definition) is 2. The van der Waals surface area contributed by atoms with E-state index in [2.05, 4.69) is 17.1 Å². The van der Waals surface area contributed by atoms with E-state index < -0.39 is 11.5 Å². The molecule has 0 aliphatic heterocycles. The Kier molecular flexibility index (Phi) is 6.34. The number of allylic oxidation sites excluding steroid dienone is 1. The molecule has 0 aliphatic carbocycles. The zero-order chi connectivity index (χ0) is 20.8. The van der Waals surface area contributed by atoms with Crippen LogP contribution in [0.2, 0.25) is 0 Å². The number of hydrogen-bond acceptors (Lipinski definition) is 4. The molecule has 0 saturated heterocycles. The van der Waals surface area contributed by atoms with Crippen molar-refractivity contribution in [2.45, 2.75) is 25.8 Å². The molecule has 0 amide bonds. The monoisotopic (exact) mass is 391 g/mol. The van der Waals surface area contributed by atoms with Crippen LogP contribution in [0, 0.1) is 18.2 Å². The maximum absolute atomic E-state index is 13.4. The maximum Gasteiger partial charge on any atom is 0.237 e. The quantitative estimate of drug-likeness (QED) is 0.333. The molecule has 5 nitrogen and oxygen atoms in total. The number of aromatic nitrogens is 2. The lowest BCUT2D eigenvalue weighted by Crippen LogP contribution is -2.09. The highest BCUT2D eigenvalue weighted by molar-refractivity contribution is 6.34. The van der Waals surface area contributed by atoms with E-state index in [4.69, 9.17) is 5.41 Å². The first-order valence-electron chi connectivity index (χ1n) is 9.26. The van der Waals surface area contributed by atoms with Crippen LogP contribution in [0.1, 0.15) is 34.9 Å². The van der Waals surface area contributed by atoms with E-state index in [1.54, 1.807) is 24.5 Å². The van der Waals surface area contributed by atoms with Gasteiger partial charge in [0.1, 0.15) is 11.6 Å². The van der Waals surface area contributed by atoms with Crippen LogP contribution >= 0.6 is 0 Å². The molecule has 0 saturated carbocycles. The Balaban J connectivity index is 1.87. The number of carbonyl (C=O) groups is 1. The summed E-state index contributed by atoms with van der Waals surface area (Å²) in [7, 11) is 0. The largest absolute Gasteiger partial charge is 0.504 e. The number of ketones is 1. The summed E-state index contributed by atoms with van der Waals surface area (Å²) in [5.41, 5.74) is 3.29. The van der Waals surface area contributed by atoms with Gasteiger partial charge >= 0.3 is 0 Å². The van der Waals surface area contributed by atoms with Crippen molar-refractivity contribution in [3.05, 3.63) is 95.0 Å². The molecule has 3 rings (SSSR count). The number of rotatable bonds is 8. The van der Waals surface area contributed by atoms with Gasteiger partial charge in [-0.25, -0.2) is 9.37 Å². The summed E-state index contributed by atoms with van der Waals surface area (Å²) in [5.74, 6) is -1.10. The molecule has 2 aromatic carbocycles. The van der Waals surface area contributed by atoms with E-state index >= 15 is 0 Å². The van der Waals surface area contributed by atoms with Crippen LogP contribution < -0.4 is 0 Å². The summed E-state index contributed by atoms with van der Waals surface area (Å²) in [6.45, 7) is 2.61. The molecule has 1 atom stereocenters. The summed E-state index contributed by atoms with van der Waals surface area (Å²) in [5, 5.41) is 16.7. The number of aryl methyl sites for hydroxylation is 2. The molecule has 1 aromatic heterocycles. The van der Waals surface area contributed by atoms with E-state index in [-0.39, 0.29) is 11.7 Å². The van der Waals surface area contributed by atoms with Crippen LogP contribution in [0.4, 0.5) is 4.39 Å². The van der Waals surface area contributed by atoms with Crippen LogP contribution in [0.15, 0.2) is 66.7 Å². The number of nitrogens with one attached hydrogen (secondary N) is 1. The normalized spacial score (nSPS) is 12.6. The highest BCUT2D eigenvalue weighted by Crippen LogP contribution is 2.29. The molecule has 0 unspecified atom stereocenters. The van der Waals surface area contributed by atoms with Crippen LogP contribution in [-0.4, -0.2) is 26.7 Å². The Morgan fingerprint density at radius 2 is 2.00 bits per heavy atom. The number of benzene rings is 2. The third-order valence-electron chi connectivity index (χ3n) is 4.77. The van der Waals surface area contributed by atoms with E-state index in [0.29, 0.717) is 25.0 Å². The Labute approximate surface area is 168 Å². The molecular formula is C23H22FN3O2. The van der Waals surface area contributed by atoms with Crippen LogP contribution in [-0.2, 0) is 11.3 Å². The number of aliphatic hydroxyl groups excluding tert-OH is 1. The van der Waals surface area contributed by atoms with E-state index in [9.17, 15) is 14.3 Å². The van der Waals surface area contributed by atoms with Crippen LogP contribution in [0.3, 0.4) is 0 Å². The fraction of sp³-hybridized carbons (Fsp3) is 0.174. The molecular weight excluding hydrogens is 369 g/mol. The number of aliphatic hydroxyl groups is 1. The lowest BCUT2D eigenvalue weighted by atomic mass is 9.88. The highest BCUT2D eigenvalue weighted by Gasteiger charge is 2.16. The second-order valence-corrected chi connectivity index (χ2v) is 6.82. The molecule has 0 radical (unpaired) electrons. The van der Waals surface area contributed by atoms with Gasteiger partial charge in [-0.15, -0.1) is 0 Å². The van der Waals surface area contributed by atoms with Crippen molar-refractivity contribution in [1.82, 2.24) is 9.55 Å². The number of imidazole rings is 1. The molecule has 1 heterocycles. The lowest BCUT2D eigenvalue weighted by molar-refractivity contribution is -0.111. The third-order valence-corrected chi connectivity index (χ3v) is 4.77. The average Bonchev–Trinajstić information content (AvgIpc) is 3.15. The Morgan fingerprint density at radius 3 is 2.69 bits per heavy atom. The molecule has 3 aromatic rings. The fourth-order valence-corrected chi connectivity index (χ4v) is 3.29. The van der Waals surface area contributed by atoms with Gasteiger partial charge in [0, 0.05) is 30.9 Å². The topological polar surface area (TPSA) is 79.0 Å². The SMILES string of the molecule is Cc1cccc([C@@H](CCn2ccnc2/C=C(\O)C(=O)C=N)c2ccc(F)cc2)c1. The van der Waals surface area contributed by atoms with Crippen molar-refractivity contribution in [2.75, 3.05) is 0 Å². The number of carbonyl (C=O) groups excluding carboxylic acids is 1. The minimum Gasteiger partial charge on any atom is -0.504 e. The van der Waals surface area contributed by atoms with Crippen molar-refractivity contribution < 1.29 is 14.3 Å². The average molecular weight is 391 g/mol. The van der Waals surface area contributed by atoms with Gasteiger partial charge < -0.3 is 15.1 Å². The first-order valence-corrected chi connectivity index (χ1v) is 9.26. The zero-order valence-corrected chi connectivity index (χ0v) is 16.0. The van der Waals surface area contributed by atoms with Gasteiger partial charge in [-0.05, 0) is 36.6 Å². The van der Waals surface area contributed by atoms with Crippen molar-refractivity contribution in [1.29, 1.82) is 5.41 Å². The molecule has 0 aliphatic rings. The van der Waals surface area contributed by atoms with Gasteiger partial charge in [-0.2, -0.15) is 0 Å². The molecule has 0 bridgehead atoms. The minimum absolute atomic E-state index is 0.0477. The van der Waals surface area contributed by atoms with Gasteiger partial charge in [0.2, 0.25) is 5.78 Å². The smallest absolute Gasteiger partial charge is 0.237 e. The van der Waals surface area contributed by atoms with E-state index in [0.717, 1.165) is 16.7 Å². The molecule has 0 fully saturated rings. The van der Waals surface area contributed by atoms with Crippen molar-refractivity contribution in [2.24, 2.45) is 0 Å². The van der Waals surface area contributed by atoms with Crippen molar-refractivity contribution >= 4 is 18.1 Å². The Morgan fingerprint density at radius 1 is 1.24 bits per heavy atom. The molecule has 148 valence electrons. The summed E-state index contributed by atoms with van der Waals surface area (Å²) in [6, 6.07) is 14.7. The predicted molar refractivity (Wildman–Crippen MR) is 111 cm³/mol. The number of Topliss-reactive ketones (excluding diaryl/α,β-unsaturated/α-hetero) is 1. The molecule has 29 heavy (non-hydrogen) atoms. The van der Waals surface area contributed by atoms with E-state index in [1.165, 1.54) is 18.2 Å². The fourth-order valence-electron chi connectivity index (χ4n) is 3.29. The Bertz CT molecular complexity index is 1040. The summed E-state index contributed by atoms with van der Waals surface area (Å²) >= 11 is 0. The molecule has 2 N–H and O–H groups in total.